The zero-order chi connectivity index (χ0) is 20.3. The van der Waals surface area contributed by atoms with E-state index in [0.717, 1.165) is 34.9 Å². The number of hydrogen-bond acceptors (Lipinski definition) is 4. The second-order valence-corrected chi connectivity index (χ2v) is 6.54. The quantitative estimate of drug-likeness (QED) is 0.529. The molecule has 3 aromatic carbocycles. The number of carbonyl (C=O) groups is 1. The van der Waals surface area contributed by atoms with Crippen LogP contribution in [0.25, 0.3) is 0 Å². The van der Waals surface area contributed by atoms with Crippen LogP contribution in [0.15, 0.2) is 78.9 Å². The molecule has 0 unspecified atom stereocenters. The van der Waals surface area contributed by atoms with Gasteiger partial charge >= 0.3 is 0 Å². The molecule has 0 saturated carbocycles. The van der Waals surface area contributed by atoms with Crippen molar-refractivity contribution in [3.8, 4) is 17.2 Å². The smallest absolute Gasteiger partial charge is 0.221 e. The van der Waals surface area contributed by atoms with Crippen molar-refractivity contribution in [2.45, 2.75) is 12.8 Å². The Kier molecular flexibility index (Phi) is 7.52. The maximum Gasteiger partial charge on any atom is 0.221 e. The van der Waals surface area contributed by atoms with Gasteiger partial charge in [-0.05, 0) is 48.4 Å². The molecule has 0 aromatic heterocycles. The summed E-state index contributed by atoms with van der Waals surface area (Å²) in [4.78, 5) is 12.1. The van der Waals surface area contributed by atoms with E-state index in [1.54, 1.807) is 7.11 Å². The van der Waals surface area contributed by atoms with E-state index in [-0.39, 0.29) is 5.91 Å². The van der Waals surface area contributed by atoms with E-state index in [2.05, 4.69) is 10.6 Å². The number of para-hydroxylation sites is 3. The number of rotatable bonds is 10. The van der Waals surface area contributed by atoms with Crippen molar-refractivity contribution in [2.24, 2.45) is 0 Å². The molecule has 2 N–H and O–H groups in total. The predicted octanol–water partition coefficient (Wildman–Crippen LogP) is 4.65. The zero-order valence-corrected chi connectivity index (χ0v) is 16.6. The fourth-order valence-corrected chi connectivity index (χ4v) is 2.89. The summed E-state index contributed by atoms with van der Waals surface area (Å²) in [7, 11) is 1.65. The van der Waals surface area contributed by atoms with E-state index in [0.29, 0.717) is 19.5 Å². The van der Waals surface area contributed by atoms with Gasteiger partial charge < -0.3 is 20.1 Å². The first-order valence-electron chi connectivity index (χ1n) is 9.70. The second kappa shape index (κ2) is 10.8. The molecule has 0 heterocycles. The molecule has 0 fully saturated rings. The van der Waals surface area contributed by atoms with Gasteiger partial charge in [0.25, 0.3) is 0 Å². The maximum atomic E-state index is 12.1. The Morgan fingerprint density at radius 2 is 1.62 bits per heavy atom. The molecule has 5 nitrogen and oxygen atoms in total. The minimum absolute atomic E-state index is 0.0156. The first-order chi connectivity index (χ1) is 14.2. The highest BCUT2D eigenvalue weighted by atomic mass is 16.5. The molecule has 5 heteroatoms. The first kappa shape index (κ1) is 20.3. The molecular formula is C24H26N2O3. The highest BCUT2D eigenvalue weighted by Gasteiger charge is 2.06. The van der Waals surface area contributed by atoms with E-state index in [1.807, 2.05) is 78.9 Å². The highest BCUT2D eigenvalue weighted by molar-refractivity contribution is 5.76. The molecule has 150 valence electrons. The van der Waals surface area contributed by atoms with Crippen molar-refractivity contribution >= 4 is 11.6 Å². The number of carbonyl (C=O) groups excluding carboxylic acids is 1. The van der Waals surface area contributed by atoms with E-state index in [1.165, 1.54) is 0 Å². The summed E-state index contributed by atoms with van der Waals surface area (Å²) in [5, 5.41) is 6.24. The van der Waals surface area contributed by atoms with Crippen LogP contribution < -0.4 is 20.1 Å². The lowest BCUT2D eigenvalue weighted by atomic mass is 10.1. The molecule has 1 amide bonds. The SMILES string of the molecule is COc1cccc(CCNC(=O)CCNc2ccccc2Oc2ccccc2)c1. The molecule has 0 aliphatic rings. The average molecular weight is 390 g/mol. The Morgan fingerprint density at radius 1 is 0.862 bits per heavy atom. The number of nitrogens with one attached hydrogen (secondary N) is 2. The monoisotopic (exact) mass is 390 g/mol. The number of ether oxygens (including phenoxy) is 2. The van der Waals surface area contributed by atoms with Gasteiger partial charge in [-0.1, -0.05) is 42.5 Å². The van der Waals surface area contributed by atoms with Gasteiger partial charge in [0.1, 0.15) is 11.5 Å². The van der Waals surface area contributed by atoms with E-state index in [4.69, 9.17) is 9.47 Å². The number of hydrogen-bond donors (Lipinski definition) is 2. The van der Waals surface area contributed by atoms with Gasteiger partial charge in [0.15, 0.2) is 5.75 Å². The van der Waals surface area contributed by atoms with Crippen LogP contribution in [0.1, 0.15) is 12.0 Å². The Balaban J connectivity index is 1.42. The summed E-state index contributed by atoms with van der Waals surface area (Å²) >= 11 is 0. The molecule has 0 saturated heterocycles. The van der Waals surface area contributed by atoms with Crippen LogP contribution in [0.4, 0.5) is 5.69 Å². The number of anilines is 1. The molecule has 0 bridgehead atoms. The lowest BCUT2D eigenvalue weighted by Gasteiger charge is -2.13. The lowest BCUT2D eigenvalue weighted by Crippen LogP contribution is -2.27. The topological polar surface area (TPSA) is 59.6 Å². The Morgan fingerprint density at radius 3 is 2.45 bits per heavy atom. The van der Waals surface area contributed by atoms with Crippen LogP contribution in [0.2, 0.25) is 0 Å². The van der Waals surface area contributed by atoms with Crippen molar-refractivity contribution in [1.29, 1.82) is 0 Å². The molecular weight excluding hydrogens is 364 g/mol. The van der Waals surface area contributed by atoms with Crippen molar-refractivity contribution in [3.63, 3.8) is 0 Å². The maximum absolute atomic E-state index is 12.1. The summed E-state index contributed by atoms with van der Waals surface area (Å²) in [6.45, 7) is 1.12. The molecule has 0 spiro atoms. The predicted molar refractivity (Wildman–Crippen MR) is 116 cm³/mol. The van der Waals surface area contributed by atoms with Gasteiger partial charge in [-0.2, -0.15) is 0 Å². The lowest BCUT2D eigenvalue weighted by molar-refractivity contribution is -0.120. The van der Waals surface area contributed by atoms with Crippen molar-refractivity contribution in [3.05, 3.63) is 84.4 Å². The summed E-state index contributed by atoms with van der Waals surface area (Å²) in [6.07, 6.45) is 1.15. The summed E-state index contributed by atoms with van der Waals surface area (Å²) in [5.74, 6) is 2.35. The summed E-state index contributed by atoms with van der Waals surface area (Å²) in [5.41, 5.74) is 2.00. The van der Waals surface area contributed by atoms with Gasteiger partial charge in [0, 0.05) is 19.5 Å². The van der Waals surface area contributed by atoms with Crippen molar-refractivity contribution in [2.75, 3.05) is 25.5 Å². The Labute approximate surface area is 171 Å². The molecule has 0 aliphatic carbocycles. The van der Waals surface area contributed by atoms with Gasteiger partial charge in [0.2, 0.25) is 5.91 Å². The van der Waals surface area contributed by atoms with E-state index < -0.39 is 0 Å². The minimum Gasteiger partial charge on any atom is -0.497 e. The third-order valence-electron chi connectivity index (χ3n) is 4.40. The van der Waals surface area contributed by atoms with Gasteiger partial charge in [-0.3, -0.25) is 4.79 Å². The summed E-state index contributed by atoms with van der Waals surface area (Å²) < 4.78 is 11.1. The fraction of sp³-hybridized carbons (Fsp3) is 0.208. The first-order valence-corrected chi connectivity index (χ1v) is 9.70. The normalized spacial score (nSPS) is 10.2. The molecule has 0 aliphatic heterocycles. The van der Waals surface area contributed by atoms with Crippen LogP contribution in [0.5, 0.6) is 17.2 Å². The molecule has 3 aromatic rings. The number of methoxy groups -OCH3 is 1. The zero-order valence-electron chi connectivity index (χ0n) is 16.6. The average Bonchev–Trinajstić information content (AvgIpc) is 2.76. The Bertz CT molecular complexity index is 913. The van der Waals surface area contributed by atoms with Crippen LogP contribution >= 0.6 is 0 Å². The van der Waals surface area contributed by atoms with Crippen LogP contribution in [-0.2, 0) is 11.2 Å². The van der Waals surface area contributed by atoms with Crippen LogP contribution in [0.3, 0.4) is 0 Å². The van der Waals surface area contributed by atoms with Crippen LogP contribution in [-0.4, -0.2) is 26.1 Å². The standard InChI is InChI=1S/C24H26N2O3/c1-28-21-11-7-8-19(18-21)14-16-26-24(27)15-17-25-22-12-5-6-13-23(22)29-20-9-3-2-4-10-20/h2-13,18,25H,14-17H2,1H3,(H,26,27). The van der Waals surface area contributed by atoms with Crippen LogP contribution in [0, 0.1) is 0 Å². The fourth-order valence-electron chi connectivity index (χ4n) is 2.89. The van der Waals surface area contributed by atoms with Crippen molar-refractivity contribution < 1.29 is 14.3 Å². The van der Waals surface area contributed by atoms with Gasteiger partial charge in [-0.15, -0.1) is 0 Å². The molecule has 0 atom stereocenters. The van der Waals surface area contributed by atoms with E-state index in [9.17, 15) is 4.79 Å². The highest BCUT2D eigenvalue weighted by Crippen LogP contribution is 2.28. The molecule has 29 heavy (non-hydrogen) atoms. The number of benzene rings is 3. The largest absolute Gasteiger partial charge is 0.497 e. The third kappa shape index (κ3) is 6.57. The molecule has 0 radical (unpaired) electrons. The van der Waals surface area contributed by atoms with E-state index >= 15 is 0 Å². The summed E-state index contributed by atoms with van der Waals surface area (Å²) in [6, 6.07) is 25.2. The van der Waals surface area contributed by atoms with Gasteiger partial charge in [0.05, 0.1) is 12.8 Å². The minimum atomic E-state index is 0.0156. The number of amides is 1. The third-order valence-corrected chi connectivity index (χ3v) is 4.40. The van der Waals surface area contributed by atoms with Gasteiger partial charge in [-0.25, -0.2) is 0 Å². The Hall–Kier alpha value is -3.47. The second-order valence-electron chi connectivity index (χ2n) is 6.54. The molecule has 3 rings (SSSR count). The van der Waals surface area contributed by atoms with Crippen molar-refractivity contribution in [1.82, 2.24) is 5.32 Å².